The summed E-state index contributed by atoms with van der Waals surface area (Å²) in [6.07, 6.45) is 4.90. The standard InChI is InChI=1S/C21H33N5O.HI/c1-4-22-21(23-11-8-12-27-17-18(2)3)24-13-20-14-25-26(16-20)15-19-9-6-5-7-10-19;/h5-7,9-10,14,16,18H,4,8,11-13,15,17H2,1-3H3,(H2,22,23,24);1H. The fourth-order valence-electron chi connectivity index (χ4n) is 2.56. The molecule has 0 spiro atoms. The summed E-state index contributed by atoms with van der Waals surface area (Å²) in [6.45, 7) is 11.1. The Kier molecular flexibility index (Phi) is 12.6. The number of aromatic nitrogens is 2. The third kappa shape index (κ3) is 10.1. The van der Waals surface area contributed by atoms with Gasteiger partial charge in [0.25, 0.3) is 0 Å². The zero-order valence-corrected chi connectivity index (χ0v) is 19.6. The van der Waals surface area contributed by atoms with E-state index in [1.54, 1.807) is 0 Å². The van der Waals surface area contributed by atoms with Crippen molar-refractivity contribution in [1.82, 2.24) is 20.4 Å². The van der Waals surface area contributed by atoms with Gasteiger partial charge >= 0.3 is 0 Å². The molecule has 0 saturated carbocycles. The molecule has 0 fully saturated rings. The van der Waals surface area contributed by atoms with E-state index in [9.17, 15) is 0 Å². The number of nitrogens with zero attached hydrogens (tertiary/aromatic N) is 3. The molecule has 2 rings (SSSR count). The first-order valence-electron chi connectivity index (χ1n) is 9.82. The highest BCUT2D eigenvalue weighted by molar-refractivity contribution is 14.0. The first kappa shape index (κ1) is 24.4. The van der Waals surface area contributed by atoms with Crippen LogP contribution < -0.4 is 10.6 Å². The summed E-state index contributed by atoms with van der Waals surface area (Å²) in [5, 5.41) is 11.1. The Labute approximate surface area is 186 Å². The Morgan fingerprint density at radius 1 is 1.18 bits per heavy atom. The number of halogens is 1. The van der Waals surface area contributed by atoms with Gasteiger partial charge < -0.3 is 15.4 Å². The van der Waals surface area contributed by atoms with E-state index in [0.717, 1.165) is 50.8 Å². The van der Waals surface area contributed by atoms with E-state index in [1.165, 1.54) is 5.56 Å². The Bertz CT molecular complexity index is 672. The normalized spacial score (nSPS) is 11.4. The lowest BCUT2D eigenvalue weighted by atomic mass is 10.2. The van der Waals surface area contributed by atoms with Crippen LogP contribution in [0.1, 0.15) is 38.3 Å². The average molecular weight is 499 g/mol. The van der Waals surface area contributed by atoms with Crippen LogP contribution in [0.5, 0.6) is 0 Å². The molecule has 156 valence electrons. The number of guanidine groups is 1. The number of nitrogens with one attached hydrogen (secondary N) is 2. The second kappa shape index (κ2) is 14.4. The summed E-state index contributed by atoms with van der Waals surface area (Å²) in [6, 6.07) is 10.3. The molecule has 0 aliphatic carbocycles. The van der Waals surface area contributed by atoms with Gasteiger partial charge in [-0.2, -0.15) is 5.10 Å². The van der Waals surface area contributed by atoms with Gasteiger partial charge in [0.05, 0.1) is 19.3 Å². The second-order valence-electron chi connectivity index (χ2n) is 6.98. The fraction of sp³-hybridized carbons (Fsp3) is 0.524. The number of benzene rings is 1. The highest BCUT2D eigenvalue weighted by Crippen LogP contribution is 2.05. The van der Waals surface area contributed by atoms with Crippen molar-refractivity contribution in [1.29, 1.82) is 0 Å². The summed E-state index contributed by atoms with van der Waals surface area (Å²) in [7, 11) is 0. The lowest BCUT2D eigenvalue weighted by molar-refractivity contribution is 0.108. The van der Waals surface area contributed by atoms with Crippen molar-refractivity contribution in [2.45, 2.75) is 40.3 Å². The molecule has 0 unspecified atom stereocenters. The molecular weight excluding hydrogens is 465 g/mol. The lowest BCUT2D eigenvalue weighted by Gasteiger charge is -2.11. The summed E-state index contributed by atoms with van der Waals surface area (Å²) >= 11 is 0. The van der Waals surface area contributed by atoms with Gasteiger partial charge in [0.2, 0.25) is 0 Å². The van der Waals surface area contributed by atoms with Crippen molar-refractivity contribution in [3.63, 3.8) is 0 Å². The molecule has 0 bridgehead atoms. The minimum Gasteiger partial charge on any atom is -0.381 e. The second-order valence-corrected chi connectivity index (χ2v) is 6.98. The largest absolute Gasteiger partial charge is 0.381 e. The molecule has 2 N–H and O–H groups in total. The van der Waals surface area contributed by atoms with Gasteiger partial charge in [0.15, 0.2) is 5.96 Å². The molecule has 28 heavy (non-hydrogen) atoms. The SMILES string of the molecule is CCNC(=NCc1cnn(Cc2ccccc2)c1)NCCCOCC(C)C.I. The summed E-state index contributed by atoms with van der Waals surface area (Å²) in [4.78, 5) is 4.65. The monoisotopic (exact) mass is 499 g/mol. The first-order valence-corrected chi connectivity index (χ1v) is 9.82. The van der Waals surface area contributed by atoms with Crippen LogP contribution in [0.3, 0.4) is 0 Å². The maximum absolute atomic E-state index is 5.61. The highest BCUT2D eigenvalue weighted by atomic mass is 127. The molecule has 6 nitrogen and oxygen atoms in total. The third-order valence-corrected chi connectivity index (χ3v) is 3.85. The van der Waals surface area contributed by atoms with Crippen molar-refractivity contribution in [3.05, 3.63) is 53.9 Å². The van der Waals surface area contributed by atoms with Crippen LogP contribution in [0.25, 0.3) is 0 Å². The number of rotatable bonds is 11. The predicted octanol–water partition coefficient (Wildman–Crippen LogP) is 3.67. The van der Waals surface area contributed by atoms with E-state index < -0.39 is 0 Å². The molecule has 0 aliphatic heterocycles. The van der Waals surface area contributed by atoms with Crippen LogP contribution >= 0.6 is 24.0 Å². The van der Waals surface area contributed by atoms with Crippen LogP contribution in [0, 0.1) is 5.92 Å². The number of hydrogen-bond donors (Lipinski definition) is 2. The molecule has 0 saturated heterocycles. The van der Waals surface area contributed by atoms with Crippen molar-refractivity contribution in [2.24, 2.45) is 10.9 Å². The predicted molar refractivity (Wildman–Crippen MR) is 126 cm³/mol. The maximum atomic E-state index is 5.61. The number of ether oxygens (including phenoxy) is 1. The number of aliphatic imine (C=N–C) groups is 1. The van der Waals surface area contributed by atoms with Gasteiger partial charge in [-0.15, -0.1) is 24.0 Å². The third-order valence-electron chi connectivity index (χ3n) is 3.85. The molecule has 1 aromatic carbocycles. The average Bonchev–Trinajstić information content (AvgIpc) is 3.10. The number of hydrogen-bond acceptors (Lipinski definition) is 3. The molecule has 1 heterocycles. The quantitative estimate of drug-likeness (QED) is 0.214. The molecule has 0 atom stereocenters. The van der Waals surface area contributed by atoms with Crippen LogP contribution in [-0.4, -0.2) is 42.0 Å². The highest BCUT2D eigenvalue weighted by Gasteiger charge is 2.01. The van der Waals surface area contributed by atoms with Gasteiger partial charge in [0, 0.05) is 38.1 Å². The van der Waals surface area contributed by atoms with E-state index in [2.05, 4.69) is 59.8 Å². The Morgan fingerprint density at radius 3 is 2.68 bits per heavy atom. The van der Waals surface area contributed by atoms with Crippen molar-refractivity contribution >= 4 is 29.9 Å². The molecule has 0 aliphatic rings. The Hall–Kier alpha value is -1.61. The summed E-state index contributed by atoms with van der Waals surface area (Å²) in [5.41, 5.74) is 2.34. The summed E-state index contributed by atoms with van der Waals surface area (Å²) < 4.78 is 7.56. The van der Waals surface area contributed by atoms with Crippen molar-refractivity contribution in [2.75, 3.05) is 26.3 Å². The Balaban J connectivity index is 0.00000392. The minimum atomic E-state index is 0. The zero-order valence-electron chi connectivity index (χ0n) is 17.2. The minimum absolute atomic E-state index is 0. The van der Waals surface area contributed by atoms with Crippen LogP contribution in [0.4, 0.5) is 0 Å². The van der Waals surface area contributed by atoms with Gasteiger partial charge in [-0.1, -0.05) is 44.2 Å². The van der Waals surface area contributed by atoms with Gasteiger partial charge in [-0.05, 0) is 24.8 Å². The van der Waals surface area contributed by atoms with Gasteiger partial charge in [-0.25, -0.2) is 4.99 Å². The van der Waals surface area contributed by atoms with E-state index in [-0.39, 0.29) is 24.0 Å². The van der Waals surface area contributed by atoms with E-state index in [1.807, 2.05) is 29.1 Å². The smallest absolute Gasteiger partial charge is 0.191 e. The van der Waals surface area contributed by atoms with E-state index in [0.29, 0.717) is 12.5 Å². The van der Waals surface area contributed by atoms with Crippen LogP contribution in [0.2, 0.25) is 0 Å². The zero-order chi connectivity index (χ0) is 19.3. The molecule has 1 aromatic heterocycles. The molecular formula is C21H34IN5O. The molecule has 2 aromatic rings. The van der Waals surface area contributed by atoms with Crippen molar-refractivity contribution in [3.8, 4) is 0 Å². The van der Waals surface area contributed by atoms with E-state index >= 15 is 0 Å². The first-order chi connectivity index (χ1) is 13.2. The fourth-order valence-corrected chi connectivity index (χ4v) is 2.56. The Morgan fingerprint density at radius 2 is 1.96 bits per heavy atom. The topological polar surface area (TPSA) is 63.5 Å². The molecule has 0 radical (unpaired) electrons. The van der Waals surface area contributed by atoms with Gasteiger partial charge in [-0.3, -0.25) is 4.68 Å². The molecule has 7 heteroatoms. The summed E-state index contributed by atoms with van der Waals surface area (Å²) in [5.74, 6) is 1.41. The van der Waals surface area contributed by atoms with Crippen molar-refractivity contribution < 1.29 is 4.74 Å². The van der Waals surface area contributed by atoms with Crippen LogP contribution in [0.15, 0.2) is 47.7 Å². The maximum Gasteiger partial charge on any atom is 0.191 e. The molecule has 0 amide bonds. The van der Waals surface area contributed by atoms with E-state index in [4.69, 9.17) is 4.74 Å². The van der Waals surface area contributed by atoms with Crippen LogP contribution in [-0.2, 0) is 17.8 Å². The van der Waals surface area contributed by atoms with Gasteiger partial charge in [0.1, 0.15) is 0 Å². The lowest BCUT2D eigenvalue weighted by Crippen LogP contribution is -2.38.